The Kier molecular flexibility index (Phi) is 10.2. The maximum Gasteiger partial charge on any atom is -1.00 e. The summed E-state index contributed by atoms with van der Waals surface area (Å²) in [5.74, 6) is 0. The fourth-order valence-corrected chi connectivity index (χ4v) is 5.90. The standard InChI is InChI=1S/2C9H13.2ClH.Ti/c2*1-3-4-9-6-5-8(2)7-9;;;/h2*7H,3-5H2,1-2H3;2*1H;/q;;;;+2/p-2. The molecular formula is C18H26Cl2Ti. The Labute approximate surface area is 152 Å². The molecule has 2 rings (SSSR count). The fraction of sp³-hybridized carbons (Fsp3) is 0.556. The molecule has 0 N–H and O–H groups in total. The third kappa shape index (κ3) is 5.75. The van der Waals surface area contributed by atoms with Crippen LogP contribution in [0, 0.1) is 0 Å². The van der Waals surface area contributed by atoms with E-state index in [1.807, 2.05) is 7.76 Å². The predicted octanol–water partition coefficient (Wildman–Crippen LogP) is -0.115. The van der Waals surface area contributed by atoms with Gasteiger partial charge in [0.1, 0.15) is 0 Å². The minimum Gasteiger partial charge on any atom is -1.00 e. The van der Waals surface area contributed by atoms with Crippen molar-refractivity contribution in [3.8, 4) is 0 Å². The second kappa shape index (κ2) is 10.1. The summed E-state index contributed by atoms with van der Waals surface area (Å²) >= 11 is -0.0390. The molecule has 0 unspecified atom stereocenters. The van der Waals surface area contributed by atoms with Gasteiger partial charge in [-0.15, -0.1) is 0 Å². The SMILES string of the molecule is CCCC1=[C]([Ti+2][C]2=C(CCC)C=C(C)C2)CC(C)=C1.[Cl-].[Cl-]. The number of allylic oxidation sites excluding steroid dienone is 8. The van der Waals surface area contributed by atoms with E-state index in [0.717, 1.165) is 0 Å². The van der Waals surface area contributed by atoms with E-state index >= 15 is 0 Å². The molecule has 0 aromatic rings. The molecule has 3 heteroatoms. The van der Waals surface area contributed by atoms with E-state index in [1.54, 1.807) is 22.3 Å². The van der Waals surface area contributed by atoms with Crippen molar-refractivity contribution < 1.29 is 44.0 Å². The number of rotatable bonds is 6. The van der Waals surface area contributed by atoms with Gasteiger partial charge in [-0.1, -0.05) is 0 Å². The summed E-state index contributed by atoms with van der Waals surface area (Å²) in [7, 11) is 0. The van der Waals surface area contributed by atoms with Crippen molar-refractivity contribution in [3.05, 3.63) is 42.2 Å². The van der Waals surface area contributed by atoms with E-state index in [4.69, 9.17) is 0 Å². The van der Waals surface area contributed by atoms with Gasteiger partial charge in [-0.3, -0.25) is 0 Å². The topological polar surface area (TPSA) is 0 Å². The molecule has 0 aromatic heterocycles. The van der Waals surface area contributed by atoms with Crippen LogP contribution in [0.2, 0.25) is 0 Å². The Hall–Kier alpha value is 0.254. The summed E-state index contributed by atoms with van der Waals surface area (Å²) in [5, 5.41) is 0. The second-order valence-electron chi connectivity index (χ2n) is 5.97. The van der Waals surface area contributed by atoms with Gasteiger partial charge in [0.2, 0.25) is 0 Å². The Bertz CT molecular complexity index is 437. The molecule has 0 radical (unpaired) electrons. The molecule has 0 aliphatic heterocycles. The molecule has 0 atom stereocenters. The largest absolute Gasteiger partial charge is 1.00 e. The van der Waals surface area contributed by atoms with Crippen molar-refractivity contribution in [2.45, 2.75) is 66.2 Å². The zero-order valence-corrected chi connectivity index (χ0v) is 16.7. The number of hydrogen-bond donors (Lipinski definition) is 0. The van der Waals surface area contributed by atoms with Crippen LogP contribution in [-0.2, 0) is 19.2 Å². The smallest absolute Gasteiger partial charge is 1.00 e. The molecule has 0 nitrogen and oxygen atoms in total. The molecular weight excluding hydrogens is 335 g/mol. The summed E-state index contributed by atoms with van der Waals surface area (Å²) in [6.07, 6.45) is 12.6. The van der Waals surface area contributed by atoms with Crippen LogP contribution in [0.3, 0.4) is 0 Å². The Morgan fingerprint density at radius 1 is 0.810 bits per heavy atom. The Balaban J connectivity index is 0.00000200. The summed E-state index contributed by atoms with van der Waals surface area (Å²) < 4.78 is 3.65. The van der Waals surface area contributed by atoms with Crippen molar-refractivity contribution >= 4 is 0 Å². The second-order valence-corrected chi connectivity index (χ2v) is 8.24. The van der Waals surface area contributed by atoms with Crippen molar-refractivity contribution in [3.63, 3.8) is 0 Å². The maximum atomic E-state index is 2.47. The maximum absolute atomic E-state index is 2.47. The summed E-state index contributed by atoms with van der Waals surface area (Å²) in [5.41, 5.74) is 6.55. The van der Waals surface area contributed by atoms with E-state index in [1.165, 1.54) is 38.5 Å². The van der Waals surface area contributed by atoms with Crippen LogP contribution in [0.5, 0.6) is 0 Å². The molecule has 0 aromatic carbocycles. The minimum absolute atomic E-state index is 0. The first-order valence-corrected chi connectivity index (χ1v) is 9.25. The molecule has 116 valence electrons. The van der Waals surface area contributed by atoms with Crippen LogP contribution in [0.15, 0.2) is 42.2 Å². The first kappa shape index (κ1) is 21.3. The molecule has 0 saturated heterocycles. The predicted molar refractivity (Wildman–Crippen MR) is 80.6 cm³/mol. The molecule has 0 amide bonds. The molecule has 0 heterocycles. The fourth-order valence-electron chi connectivity index (χ4n) is 3.07. The molecule has 0 saturated carbocycles. The van der Waals surface area contributed by atoms with Crippen molar-refractivity contribution in [2.24, 2.45) is 0 Å². The van der Waals surface area contributed by atoms with Crippen LogP contribution < -0.4 is 24.8 Å². The van der Waals surface area contributed by atoms with E-state index in [0.29, 0.717) is 0 Å². The molecule has 0 spiro atoms. The van der Waals surface area contributed by atoms with Crippen LogP contribution in [0.4, 0.5) is 0 Å². The van der Waals surface area contributed by atoms with E-state index in [2.05, 4.69) is 39.8 Å². The Morgan fingerprint density at radius 2 is 1.19 bits per heavy atom. The summed E-state index contributed by atoms with van der Waals surface area (Å²) in [6, 6.07) is 0. The molecule has 21 heavy (non-hydrogen) atoms. The first-order chi connectivity index (χ1) is 9.13. The van der Waals surface area contributed by atoms with Crippen molar-refractivity contribution in [1.29, 1.82) is 0 Å². The zero-order valence-electron chi connectivity index (χ0n) is 13.7. The van der Waals surface area contributed by atoms with E-state index in [9.17, 15) is 0 Å². The van der Waals surface area contributed by atoms with Crippen LogP contribution in [0.25, 0.3) is 0 Å². The van der Waals surface area contributed by atoms with Gasteiger partial charge in [-0.05, 0) is 0 Å². The van der Waals surface area contributed by atoms with Gasteiger partial charge >= 0.3 is 128 Å². The summed E-state index contributed by atoms with van der Waals surface area (Å²) in [4.78, 5) is 0. The van der Waals surface area contributed by atoms with Crippen LogP contribution in [-0.4, -0.2) is 0 Å². The third-order valence-corrected chi connectivity index (χ3v) is 6.37. The van der Waals surface area contributed by atoms with Gasteiger partial charge in [0.15, 0.2) is 0 Å². The zero-order chi connectivity index (χ0) is 13.8. The summed E-state index contributed by atoms with van der Waals surface area (Å²) in [6.45, 7) is 9.20. The molecule has 2 aliphatic carbocycles. The van der Waals surface area contributed by atoms with Crippen LogP contribution >= 0.6 is 0 Å². The van der Waals surface area contributed by atoms with E-state index in [-0.39, 0.29) is 44.0 Å². The molecule has 0 fully saturated rings. The van der Waals surface area contributed by atoms with Gasteiger partial charge in [0, 0.05) is 0 Å². The van der Waals surface area contributed by atoms with Crippen molar-refractivity contribution in [1.82, 2.24) is 0 Å². The van der Waals surface area contributed by atoms with Gasteiger partial charge in [-0.2, -0.15) is 0 Å². The Morgan fingerprint density at radius 3 is 1.52 bits per heavy atom. The normalized spacial score (nSPS) is 17.1. The molecule has 2 aliphatic rings. The van der Waals surface area contributed by atoms with Gasteiger partial charge in [0.25, 0.3) is 0 Å². The average molecular weight is 361 g/mol. The minimum atomic E-state index is -0.0390. The quantitative estimate of drug-likeness (QED) is 0.579. The number of halogens is 2. The van der Waals surface area contributed by atoms with Gasteiger partial charge in [-0.25, -0.2) is 0 Å². The molecule has 0 bridgehead atoms. The van der Waals surface area contributed by atoms with E-state index < -0.39 is 0 Å². The van der Waals surface area contributed by atoms with Crippen molar-refractivity contribution in [2.75, 3.05) is 0 Å². The van der Waals surface area contributed by atoms with Gasteiger partial charge in [0.05, 0.1) is 0 Å². The average Bonchev–Trinajstić information content (AvgIpc) is 2.85. The van der Waals surface area contributed by atoms with Crippen LogP contribution in [0.1, 0.15) is 66.2 Å². The van der Waals surface area contributed by atoms with Gasteiger partial charge < -0.3 is 24.8 Å². The third-order valence-electron chi connectivity index (χ3n) is 3.87. The number of hydrogen-bond acceptors (Lipinski definition) is 0. The monoisotopic (exact) mass is 360 g/mol. The first-order valence-electron chi connectivity index (χ1n) is 7.69.